The Morgan fingerprint density at radius 1 is 1.39 bits per heavy atom. The lowest BCUT2D eigenvalue weighted by Crippen LogP contribution is -2.53. The number of nitrogen functional groups attached to an aromatic ring is 1. The van der Waals surface area contributed by atoms with Crippen LogP contribution in [0.15, 0.2) is 23.1 Å². The fraction of sp³-hybridized carbons (Fsp3) is 0.300. The van der Waals surface area contributed by atoms with Crippen molar-refractivity contribution < 1.29 is 23.4 Å². The van der Waals surface area contributed by atoms with Gasteiger partial charge in [0.1, 0.15) is 0 Å². The topological polar surface area (TPSA) is 121 Å². The van der Waals surface area contributed by atoms with Crippen molar-refractivity contribution in [3.63, 3.8) is 0 Å². The molecule has 1 saturated heterocycles. The van der Waals surface area contributed by atoms with E-state index in [1.54, 1.807) is 0 Å². The molecule has 7 nitrogen and oxygen atoms in total. The molecule has 1 fully saturated rings. The molecule has 18 heavy (non-hydrogen) atoms. The highest BCUT2D eigenvalue weighted by Gasteiger charge is 2.37. The summed E-state index contributed by atoms with van der Waals surface area (Å²) in [4.78, 5) is 10.7. The first-order valence-electron chi connectivity index (χ1n) is 5.13. The van der Waals surface area contributed by atoms with Crippen molar-refractivity contribution in [2.24, 2.45) is 0 Å². The second kappa shape index (κ2) is 4.23. The SMILES string of the molecule is Nc1ccc(S(=O)(=O)N2CC(O)C2)c(C(=O)O)c1. The van der Waals surface area contributed by atoms with Crippen molar-refractivity contribution in [1.82, 2.24) is 4.31 Å². The number of carboxylic acids is 1. The number of aromatic carboxylic acids is 1. The van der Waals surface area contributed by atoms with E-state index >= 15 is 0 Å². The minimum atomic E-state index is -3.89. The van der Waals surface area contributed by atoms with Gasteiger partial charge in [-0.3, -0.25) is 0 Å². The third-order valence-corrected chi connectivity index (χ3v) is 4.57. The van der Waals surface area contributed by atoms with Crippen LogP contribution in [0.3, 0.4) is 0 Å². The molecule has 0 amide bonds. The molecular formula is C10H12N2O5S. The molecule has 1 aromatic rings. The monoisotopic (exact) mass is 272 g/mol. The van der Waals surface area contributed by atoms with Crippen molar-refractivity contribution in [2.75, 3.05) is 18.8 Å². The molecule has 2 rings (SSSR count). The molecule has 1 heterocycles. The lowest BCUT2D eigenvalue weighted by Gasteiger charge is -2.34. The second-order valence-corrected chi connectivity index (χ2v) is 5.94. The lowest BCUT2D eigenvalue weighted by molar-refractivity contribution is 0.0546. The summed E-state index contributed by atoms with van der Waals surface area (Å²) in [6, 6.07) is 3.60. The highest BCUT2D eigenvalue weighted by atomic mass is 32.2. The van der Waals surface area contributed by atoms with Gasteiger partial charge in [0, 0.05) is 18.8 Å². The van der Waals surface area contributed by atoms with Gasteiger partial charge in [0.25, 0.3) is 0 Å². The molecule has 0 radical (unpaired) electrons. The summed E-state index contributed by atoms with van der Waals surface area (Å²) >= 11 is 0. The Kier molecular flexibility index (Phi) is 3.01. The van der Waals surface area contributed by atoms with Crippen molar-refractivity contribution in [3.05, 3.63) is 23.8 Å². The van der Waals surface area contributed by atoms with Crippen LogP contribution in [0.2, 0.25) is 0 Å². The van der Waals surface area contributed by atoms with Gasteiger partial charge >= 0.3 is 5.97 Å². The van der Waals surface area contributed by atoms with E-state index in [1.807, 2.05) is 0 Å². The quantitative estimate of drug-likeness (QED) is 0.628. The maximum atomic E-state index is 12.1. The van der Waals surface area contributed by atoms with E-state index in [1.165, 1.54) is 12.1 Å². The standard InChI is InChI=1S/C10H12N2O5S/c11-6-1-2-9(8(3-6)10(14)15)18(16,17)12-4-7(13)5-12/h1-3,7,13H,4-5,11H2,(H,14,15). The van der Waals surface area contributed by atoms with Gasteiger partial charge in [-0.25, -0.2) is 13.2 Å². The van der Waals surface area contributed by atoms with E-state index in [-0.39, 0.29) is 29.2 Å². The highest BCUT2D eigenvalue weighted by Crippen LogP contribution is 2.26. The molecule has 1 aliphatic rings. The van der Waals surface area contributed by atoms with Crippen molar-refractivity contribution >= 4 is 21.7 Å². The van der Waals surface area contributed by atoms with Gasteiger partial charge in [-0.15, -0.1) is 0 Å². The number of hydrogen-bond acceptors (Lipinski definition) is 5. The van der Waals surface area contributed by atoms with Gasteiger partial charge in [0.15, 0.2) is 0 Å². The first kappa shape index (κ1) is 12.8. The summed E-state index contributed by atoms with van der Waals surface area (Å²) in [6.45, 7) is -0.0441. The summed E-state index contributed by atoms with van der Waals surface area (Å²) in [5.74, 6) is -1.36. The van der Waals surface area contributed by atoms with Crippen LogP contribution in [0.25, 0.3) is 0 Å². The first-order valence-corrected chi connectivity index (χ1v) is 6.57. The van der Waals surface area contributed by atoms with Gasteiger partial charge in [-0.05, 0) is 18.2 Å². The van der Waals surface area contributed by atoms with Crippen molar-refractivity contribution in [2.45, 2.75) is 11.0 Å². The molecule has 0 spiro atoms. The molecule has 4 N–H and O–H groups in total. The molecule has 0 aliphatic carbocycles. The van der Waals surface area contributed by atoms with E-state index < -0.39 is 22.1 Å². The first-order chi connectivity index (χ1) is 8.32. The van der Waals surface area contributed by atoms with Crippen LogP contribution >= 0.6 is 0 Å². The molecule has 1 aliphatic heterocycles. The normalized spacial score (nSPS) is 17.4. The van der Waals surface area contributed by atoms with Crippen LogP contribution in [-0.4, -0.2) is 48.1 Å². The minimum Gasteiger partial charge on any atom is -0.478 e. The summed E-state index contributed by atoms with van der Waals surface area (Å²) in [5, 5.41) is 18.1. The average molecular weight is 272 g/mol. The number of nitrogens with zero attached hydrogens (tertiary/aromatic N) is 1. The maximum Gasteiger partial charge on any atom is 0.337 e. The predicted octanol–water partition coefficient (Wildman–Crippen LogP) is -0.668. The molecular weight excluding hydrogens is 260 g/mol. The van der Waals surface area contributed by atoms with E-state index in [9.17, 15) is 13.2 Å². The Labute approximate surface area is 103 Å². The van der Waals surface area contributed by atoms with Crippen LogP contribution in [-0.2, 0) is 10.0 Å². The highest BCUT2D eigenvalue weighted by molar-refractivity contribution is 7.89. The van der Waals surface area contributed by atoms with E-state index in [0.717, 1.165) is 10.4 Å². The Morgan fingerprint density at radius 3 is 2.50 bits per heavy atom. The predicted molar refractivity (Wildman–Crippen MR) is 62.6 cm³/mol. The average Bonchev–Trinajstić information content (AvgIpc) is 2.24. The van der Waals surface area contributed by atoms with Gasteiger partial charge < -0.3 is 15.9 Å². The number of nitrogens with two attached hydrogens (primary N) is 1. The largest absolute Gasteiger partial charge is 0.478 e. The Morgan fingerprint density at radius 2 is 2.00 bits per heavy atom. The van der Waals surface area contributed by atoms with E-state index in [4.69, 9.17) is 15.9 Å². The van der Waals surface area contributed by atoms with Crippen LogP contribution < -0.4 is 5.73 Å². The third-order valence-electron chi connectivity index (χ3n) is 2.68. The van der Waals surface area contributed by atoms with Crippen molar-refractivity contribution in [3.8, 4) is 0 Å². The van der Waals surface area contributed by atoms with Crippen molar-refractivity contribution in [1.29, 1.82) is 0 Å². The number of anilines is 1. The fourth-order valence-corrected chi connectivity index (χ4v) is 3.37. The zero-order valence-corrected chi connectivity index (χ0v) is 10.1. The summed E-state index contributed by atoms with van der Waals surface area (Å²) in [7, 11) is -3.89. The molecule has 1 aromatic carbocycles. The van der Waals surface area contributed by atoms with Crippen LogP contribution in [0.4, 0.5) is 5.69 Å². The van der Waals surface area contributed by atoms with Crippen LogP contribution in [0, 0.1) is 0 Å². The number of sulfonamides is 1. The summed E-state index contributed by atoms with van der Waals surface area (Å²) in [6.07, 6.45) is -0.693. The number of aliphatic hydroxyl groups excluding tert-OH is 1. The Balaban J connectivity index is 2.48. The summed E-state index contributed by atoms with van der Waals surface area (Å²) in [5.41, 5.74) is 5.25. The molecule has 98 valence electrons. The zero-order valence-electron chi connectivity index (χ0n) is 9.28. The van der Waals surface area contributed by atoms with Crippen LogP contribution in [0.1, 0.15) is 10.4 Å². The van der Waals surface area contributed by atoms with Gasteiger partial charge in [-0.1, -0.05) is 0 Å². The van der Waals surface area contributed by atoms with Crippen LogP contribution in [0.5, 0.6) is 0 Å². The Bertz CT molecular complexity index is 592. The third kappa shape index (κ3) is 2.05. The van der Waals surface area contributed by atoms with E-state index in [0.29, 0.717) is 0 Å². The Hall–Kier alpha value is -1.64. The van der Waals surface area contributed by atoms with Gasteiger partial charge in [0.05, 0.1) is 16.6 Å². The number of aliphatic hydroxyl groups is 1. The smallest absolute Gasteiger partial charge is 0.337 e. The summed E-state index contributed by atoms with van der Waals surface area (Å²) < 4.78 is 25.2. The molecule has 8 heteroatoms. The minimum absolute atomic E-state index is 0.0221. The maximum absolute atomic E-state index is 12.1. The number of carboxylic acid groups (broad SMARTS) is 1. The number of benzene rings is 1. The number of hydrogen-bond donors (Lipinski definition) is 3. The number of β-amino-alcohol motifs (C(OH)–C–C–N with tert-alkyl or cyclic N) is 1. The molecule has 0 aromatic heterocycles. The van der Waals surface area contributed by atoms with E-state index in [2.05, 4.69) is 0 Å². The molecule has 0 unspecified atom stereocenters. The molecule has 0 saturated carbocycles. The number of carbonyl (C=O) groups is 1. The zero-order chi connectivity index (χ0) is 13.5. The van der Waals surface area contributed by atoms with Gasteiger partial charge in [0.2, 0.25) is 10.0 Å². The lowest BCUT2D eigenvalue weighted by atomic mass is 10.2. The van der Waals surface area contributed by atoms with Gasteiger partial charge in [-0.2, -0.15) is 4.31 Å². The second-order valence-electron chi connectivity index (χ2n) is 4.04. The number of rotatable bonds is 3. The molecule has 0 atom stereocenters. The fourth-order valence-electron chi connectivity index (χ4n) is 1.69. The molecule has 0 bridgehead atoms.